The molecule has 1 aromatic carbocycles. The van der Waals surface area contributed by atoms with E-state index in [2.05, 4.69) is 28.2 Å². The molecule has 4 nitrogen and oxygen atoms in total. The fourth-order valence-corrected chi connectivity index (χ4v) is 3.87. The van der Waals surface area contributed by atoms with E-state index < -0.39 is 5.60 Å². The van der Waals surface area contributed by atoms with E-state index in [1.165, 1.54) is 0 Å². The summed E-state index contributed by atoms with van der Waals surface area (Å²) in [5.74, 6) is 0.0185. The molecule has 24 heavy (non-hydrogen) atoms. The summed E-state index contributed by atoms with van der Waals surface area (Å²) in [6.07, 6.45) is 3.38. The number of carbonyl (C=O) groups is 2. The minimum Gasteiger partial charge on any atom is -0.451 e. The van der Waals surface area contributed by atoms with Crippen molar-refractivity contribution in [2.45, 2.75) is 52.1 Å². The topological polar surface area (TPSA) is 55.4 Å². The van der Waals surface area contributed by atoms with Gasteiger partial charge in [-0.05, 0) is 69.2 Å². The van der Waals surface area contributed by atoms with Crippen molar-refractivity contribution in [1.29, 1.82) is 0 Å². The van der Waals surface area contributed by atoms with Gasteiger partial charge in [-0.3, -0.25) is 4.79 Å². The van der Waals surface area contributed by atoms with Crippen LogP contribution in [0.2, 0.25) is 0 Å². The molecule has 0 saturated heterocycles. The number of esters is 1. The third-order valence-electron chi connectivity index (χ3n) is 5.15. The van der Waals surface area contributed by atoms with Gasteiger partial charge >= 0.3 is 5.97 Å². The van der Waals surface area contributed by atoms with Crippen LogP contribution in [0.25, 0.3) is 0 Å². The summed E-state index contributed by atoms with van der Waals surface area (Å²) in [6.45, 7) is 5.86. The SMILES string of the molecule is CC1=C(C(=O)Nc2ccc(Br)c(C)c2)C2(CCC(C)CC2)OC1=O. The van der Waals surface area contributed by atoms with Gasteiger partial charge in [-0.15, -0.1) is 0 Å². The van der Waals surface area contributed by atoms with Gasteiger partial charge in [0.2, 0.25) is 0 Å². The average molecular weight is 392 g/mol. The Hall–Kier alpha value is -1.62. The van der Waals surface area contributed by atoms with E-state index >= 15 is 0 Å². The summed E-state index contributed by atoms with van der Waals surface area (Å²) in [4.78, 5) is 25.0. The summed E-state index contributed by atoms with van der Waals surface area (Å²) < 4.78 is 6.68. The molecule has 5 heteroatoms. The average Bonchev–Trinajstić information content (AvgIpc) is 2.77. The van der Waals surface area contributed by atoms with Crippen LogP contribution >= 0.6 is 15.9 Å². The number of benzene rings is 1. The second-order valence-corrected chi connectivity index (χ2v) is 7.84. The van der Waals surface area contributed by atoms with Crippen molar-refractivity contribution in [3.8, 4) is 0 Å². The molecule has 1 fully saturated rings. The molecule has 0 bridgehead atoms. The molecule has 1 aromatic rings. The molecule has 0 radical (unpaired) electrons. The van der Waals surface area contributed by atoms with Gasteiger partial charge < -0.3 is 10.1 Å². The van der Waals surface area contributed by atoms with Crippen molar-refractivity contribution >= 4 is 33.5 Å². The zero-order valence-corrected chi connectivity index (χ0v) is 15.8. The van der Waals surface area contributed by atoms with E-state index in [9.17, 15) is 9.59 Å². The maximum absolute atomic E-state index is 12.9. The van der Waals surface area contributed by atoms with Gasteiger partial charge in [-0.25, -0.2) is 4.79 Å². The molecule has 3 rings (SSSR count). The van der Waals surface area contributed by atoms with E-state index in [0.29, 0.717) is 17.1 Å². The largest absolute Gasteiger partial charge is 0.451 e. The van der Waals surface area contributed by atoms with E-state index in [1.54, 1.807) is 6.92 Å². The molecule has 1 amide bonds. The zero-order chi connectivity index (χ0) is 17.5. The molecule has 2 aliphatic rings. The lowest BCUT2D eigenvalue weighted by Crippen LogP contribution is -2.40. The van der Waals surface area contributed by atoms with Gasteiger partial charge in [-0.1, -0.05) is 22.9 Å². The Morgan fingerprint density at radius 1 is 1.29 bits per heavy atom. The van der Waals surface area contributed by atoms with E-state index in [4.69, 9.17) is 4.74 Å². The molecule has 1 saturated carbocycles. The standard InChI is InChI=1S/C19H22BrNO3/c1-11-6-8-19(9-7-11)16(13(3)18(23)24-19)17(22)21-14-4-5-15(20)12(2)10-14/h4-5,10-11H,6-9H2,1-3H3,(H,21,22). The monoisotopic (exact) mass is 391 g/mol. The lowest BCUT2D eigenvalue weighted by Gasteiger charge is -2.36. The van der Waals surface area contributed by atoms with Crippen molar-refractivity contribution in [1.82, 2.24) is 0 Å². The number of hydrogen-bond acceptors (Lipinski definition) is 3. The van der Waals surface area contributed by atoms with Gasteiger partial charge in [0.1, 0.15) is 5.60 Å². The van der Waals surface area contributed by atoms with Crippen molar-refractivity contribution < 1.29 is 14.3 Å². The summed E-state index contributed by atoms with van der Waals surface area (Å²) in [5, 5.41) is 2.94. The highest BCUT2D eigenvalue weighted by molar-refractivity contribution is 9.10. The predicted octanol–water partition coefficient (Wildman–Crippen LogP) is 4.52. The molecule has 1 spiro atoms. The van der Waals surface area contributed by atoms with Crippen LogP contribution in [0.4, 0.5) is 5.69 Å². The highest BCUT2D eigenvalue weighted by Gasteiger charge is 2.50. The maximum Gasteiger partial charge on any atom is 0.335 e. The van der Waals surface area contributed by atoms with Crippen molar-refractivity contribution in [2.75, 3.05) is 5.32 Å². The van der Waals surface area contributed by atoms with Crippen LogP contribution in [0.15, 0.2) is 33.8 Å². The lowest BCUT2D eigenvalue weighted by molar-refractivity contribution is -0.150. The van der Waals surface area contributed by atoms with Gasteiger partial charge in [0.15, 0.2) is 0 Å². The van der Waals surface area contributed by atoms with Gasteiger partial charge in [0.25, 0.3) is 5.91 Å². The number of hydrogen-bond donors (Lipinski definition) is 1. The number of nitrogens with one attached hydrogen (secondary N) is 1. The van der Waals surface area contributed by atoms with Crippen molar-refractivity contribution in [3.63, 3.8) is 0 Å². The smallest absolute Gasteiger partial charge is 0.335 e. The summed E-state index contributed by atoms with van der Waals surface area (Å²) in [5.41, 5.74) is 1.98. The Morgan fingerprint density at radius 2 is 1.96 bits per heavy atom. The van der Waals surface area contributed by atoms with Crippen molar-refractivity contribution in [2.24, 2.45) is 5.92 Å². The number of aryl methyl sites for hydroxylation is 1. The summed E-state index contributed by atoms with van der Waals surface area (Å²) in [6, 6.07) is 5.66. The molecule has 1 aliphatic heterocycles. The van der Waals surface area contributed by atoms with Gasteiger partial charge in [-0.2, -0.15) is 0 Å². The fourth-order valence-electron chi connectivity index (χ4n) is 3.62. The molecule has 1 aliphatic carbocycles. The maximum atomic E-state index is 12.9. The third kappa shape index (κ3) is 3.02. The van der Waals surface area contributed by atoms with Crippen molar-refractivity contribution in [3.05, 3.63) is 39.4 Å². The minimum absolute atomic E-state index is 0.227. The second kappa shape index (κ2) is 6.36. The number of anilines is 1. The van der Waals surface area contributed by atoms with E-state index in [0.717, 1.165) is 41.4 Å². The number of amides is 1. The highest BCUT2D eigenvalue weighted by Crippen LogP contribution is 2.45. The second-order valence-electron chi connectivity index (χ2n) is 6.98. The van der Waals surface area contributed by atoms with Crippen LogP contribution in [-0.4, -0.2) is 17.5 Å². The van der Waals surface area contributed by atoms with E-state index in [-0.39, 0.29) is 11.9 Å². The zero-order valence-electron chi connectivity index (χ0n) is 14.2. The van der Waals surface area contributed by atoms with Crippen LogP contribution in [0.3, 0.4) is 0 Å². The normalized spacial score (nSPS) is 26.7. The Kier molecular flexibility index (Phi) is 4.56. The lowest BCUT2D eigenvalue weighted by atomic mass is 9.75. The Morgan fingerprint density at radius 3 is 2.58 bits per heavy atom. The number of halogens is 1. The van der Waals surface area contributed by atoms with Crippen LogP contribution in [-0.2, 0) is 14.3 Å². The molecule has 128 valence electrons. The highest BCUT2D eigenvalue weighted by atomic mass is 79.9. The number of carbonyl (C=O) groups excluding carboxylic acids is 2. The molecular formula is C19H22BrNO3. The molecule has 0 aromatic heterocycles. The minimum atomic E-state index is -0.734. The first kappa shape index (κ1) is 17.2. The first-order chi connectivity index (χ1) is 11.3. The van der Waals surface area contributed by atoms with Crippen LogP contribution in [0.5, 0.6) is 0 Å². The quantitative estimate of drug-likeness (QED) is 0.753. The number of ether oxygens (including phenoxy) is 1. The van der Waals surface area contributed by atoms with E-state index in [1.807, 2.05) is 25.1 Å². The van der Waals surface area contributed by atoms with Crippen LogP contribution < -0.4 is 5.32 Å². The van der Waals surface area contributed by atoms with Gasteiger partial charge in [0.05, 0.1) is 5.57 Å². The predicted molar refractivity (Wildman–Crippen MR) is 96.7 cm³/mol. The Bertz CT molecular complexity index is 730. The molecule has 1 N–H and O–H groups in total. The fraction of sp³-hybridized carbons (Fsp3) is 0.474. The Labute approximate surface area is 150 Å². The summed E-state index contributed by atoms with van der Waals surface area (Å²) in [7, 11) is 0. The Balaban J connectivity index is 1.88. The molecule has 1 heterocycles. The first-order valence-electron chi connectivity index (χ1n) is 8.34. The van der Waals surface area contributed by atoms with Crippen LogP contribution in [0.1, 0.15) is 45.1 Å². The summed E-state index contributed by atoms with van der Waals surface area (Å²) >= 11 is 3.46. The number of rotatable bonds is 2. The molecular weight excluding hydrogens is 370 g/mol. The molecule has 0 atom stereocenters. The third-order valence-corrected chi connectivity index (χ3v) is 6.04. The first-order valence-corrected chi connectivity index (χ1v) is 9.14. The van der Waals surface area contributed by atoms with Gasteiger partial charge in [0, 0.05) is 15.7 Å². The van der Waals surface area contributed by atoms with Crippen LogP contribution in [0, 0.1) is 12.8 Å². The molecule has 0 unspecified atom stereocenters.